The minimum atomic E-state index is -1.14. The van der Waals surface area contributed by atoms with Gasteiger partial charge in [0, 0.05) is 6.08 Å². The average Bonchev–Trinajstić information content (AvgIpc) is 2.43. The molecule has 3 nitrogen and oxygen atoms in total. The van der Waals surface area contributed by atoms with Gasteiger partial charge in [-0.25, -0.2) is 9.18 Å². The number of aliphatic carboxylic acids is 1. The Morgan fingerprint density at radius 3 is 2.52 bits per heavy atom. The number of carbonyl (C=O) groups is 1. The van der Waals surface area contributed by atoms with Gasteiger partial charge in [-0.15, -0.1) is 0 Å². The van der Waals surface area contributed by atoms with E-state index in [-0.39, 0.29) is 11.3 Å². The quantitative estimate of drug-likeness (QED) is 0.851. The number of aryl methyl sites for hydroxylation is 1. The summed E-state index contributed by atoms with van der Waals surface area (Å²) in [4.78, 5) is 10.6. The van der Waals surface area contributed by atoms with Crippen molar-refractivity contribution < 1.29 is 19.0 Å². The molecule has 0 amide bonds. The molecule has 0 radical (unpaired) electrons. The maximum Gasteiger partial charge on any atom is 0.328 e. The first-order valence-electron chi connectivity index (χ1n) is 6.42. The molecule has 0 heterocycles. The summed E-state index contributed by atoms with van der Waals surface area (Å²) in [6.07, 6.45) is 2.08. The zero-order chi connectivity index (χ0) is 15.4. The first kappa shape index (κ1) is 14.8. The predicted molar refractivity (Wildman–Crippen MR) is 79.1 cm³/mol. The van der Waals surface area contributed by atoms with Gasteiger partial charge >= 0.3 is 5.97 Å². The molecule has 0 saturated carbocycles. The minimum absolute atomic E-state index is 0.112. The van der Waals surface area contributed by atoms with Crippen molar-refractivity contribution in [3.05, 3.63) is 65.0 Å². The van der Waals surface area contributed by atoms with Crippen molar-refractivity contribution in [2.45, 2.75) is 13.8 Å². The highest BCUT2D eigenvalue weighted by atomic mass is 19.1. The van der Waals surface area contributed by atoms with E-state index in [0.717, 1.165) is 17.2 Å². The number of rotatable bonds is 4. The number of benzene rings is 2. The van der Waals surface area contributed by atoms with Crippen LogP contribution in [0.15, 0.2) is 42.5 Å². The van der Waals surface area contributed by atoms with Gasteiger partial charge < -0.3 is 9.84 Å². The first-order valence-corrected chi connectivity index (χ1v) is 6.42. The molecule has 21 heavy (non-hydrogen) atoms. The van der Waals surface area contributed by atoms with E-state index < -0.39 is 11.8 Å². The van der Waals surface area contributed by atoms with Crippen LogP contribution >= 0.6 is 0 Å². The number of halogens is 1. The molecule has 0 saturated heterocycles. The summed E-state index contributed by atoms with van der Waals surface area (Å²) in [6.45, 7) is 3.87. The van der Waals surface area contributed by atoms with E-state index >= 15 is 0 Å². The summed E-state index contributed by atoms with van der Waals surface area (Å²) in [7, 11) is 0. The summed E-state index contributed by atoms with van der Waals surface area (Å²) in [5.74, 6) is -0.780. The predicted octanol–water partition coefficient (Wildman–Crippen LogP) is 4.33. The van der Waals surface area contributed by atoms with E-state index in [1.807, 2.05) is 26.0 Å². The summed E-state index contributed by atoms with van der Waals surface area (Å²) < 4.78 is 19.6. The molecule has 0 bridgehead atoms. The van der Waals surface area contributed by atoms with Crippen molar-refractivity contribution in [2.24, 2.45) is 0 Å². The van der Waals surface area contributed by atoms with Gasteiger partial charge in [-0.05, 0) is 49.2 Å². The Morgan fingerprint density at radius 2 is 1.81 bits per heavy atom. The molecular formula is C17H15FO3. The standard InChI is InChI=1S/C17H15FO3/c1-11-5-3-7-15(12(11)2)21-16-8-4-6-14(18)13(16)9-10-17(19)20/h3-10H,1-2H3,(H,19,20)/b10-9+. The molecule has 0 spiro atoms. The Morgan fingerprint density at radius 1 is 1.14 bits per heavy atom. The third kappa shape index (κ3) is 3.48. The van der Waals surface area contributed by atoms with Crippen LogP contribution in [0.2, 0.25) is 0 Å². The second kappa shape index (κ2) is 6.22. The van der Waals surface area contributed by atoms with Crippen LogP contribution in [0.1, 0.15) is 16.7 Å². The molecule has 0 atom stereocenters. The zero-order valence-electron chi connectivity index (χ0n) is 11.8. The minimum Gasteiger partial charge on any atom is -0.478 e. The smallest absolute Gasteiger partial charge is 0.328 e. The van der Waals surface area contributed by atoms with Crippen molar-refractivity contribution in [2.75, 3.05) is 0 Å². The molecule has 0 aliphatic rings. The van der Waals surface area contributed by atoms with Crippen LogP contribution in [0.25, 0.3) is 6.08 Å². The van der Waals surface area contributed by atoms with E-state index in [2.05, 4.69) is 0 Å². The molecular weight excluding hydrogens is 271 g/mol. The van der Waals surface area contributed by atoms with Crippen molar-refractivity contribution in [1.82, 2.24) is 0 Å². The number of ether oxygens (including phenoxy) is 1. The third-order valence-corrected chi connectivity index (χ3v) is 3.18. The van der Waals surface area contributed by atoms with Crippen LogP contribution in [-0.2, 0) is 4.79 Å². The van der Waals surface area contributed by atoms with Gasteiger partial charge in [-0.2, -0.15) is 0 Å². The number of carboxylic acids is 1. The fraction of sp³-hybridized carbons (Fsp3) is 0.118. The van der Waals surface area contributed by atoms with Crippen LogP contribution in [0.4, 0.5) is 4.39 Å². The van der Waals surface area contributed by atoms with Crippen LogP contribution in [0.5, 0.6) is 11.5 Å². The Kier molecular flexibility index (Phi) is 4.38. The number of carboxylic acid groups (broad SMARTS) is 1. The summed E-state index contributed by atoms with van der Waals surface area (Å²) >= 11 is 0. The van der Waals surface area contributed by atoms with E-state index in [9.17, 15) is 9.18 Å². The molecule has 2 aromatic carbocycles. The van der Waals surface area contributed by atoms with Crippen molar-refractivity contribution in [3.63, 3.8) is 0 Å². The zero-order valence-corrected chi connectivity index (χ0v) is 11.8. The molecule has 4 heteroatoms. The van der Waals surface area contributed by atoms with Crippen molar-refractivity contribution >= 4 is 12.0 Å². The van der Waals surface area contributed by atoms with Gasteiger partial charge in [-0.3, -0.25) is 0 Å². The molecule has 0 aliphatic carbocycles. The Balaban J connectivity index is 2.42. The highest BCUT2D eigenvalue weighted by Crippen LogP contribution is 2.31. The lowest BCUT2D eigenvalue weighted by Gasteiger charge is -2.13. The molecule has 0 aromatic heterocycles. The SMILES string of the molecule is Cc1cccc(Oc2cccc(F)c2/C=C/C(=O)O)c1C. The van der Waals surface area contributed by atoms with Crippen molar-refractivity contribution in [1.29, 1.82) is 0 Å². The lowest BCUT2D eigenvalue weighted by atomic mass is 10.1. The highest BCUT2D eigenvalue weighted by molar-refractivity contribution is 5.86. The maximum absolute atomic E-state index is 13.9. The van der Waals surface area contributed by atoms with Gasteiger partial charge in [0.2, 0.25) is 0 Å². The van der Waals surface area contributed by atoms with Crippen LogP contribution in [-0.4, -0.2) is 11.1 Å². The van der Waals surface area contributed by atoms with Gasteiger partial charge in [0.25, 0.3) is 0 Å². The van der Waals surface area contributed by atoms with Crippen LogP contribution in [0.3, 0.4) is 0 Å². The van der Waals surface area contributed by atoms with Gasteiger partial charge in [0.15, 0.2) is 0 Å². The van der Waals surface area contributed by atoms with Gasteiger partial charge in [-0.1, -0.05) is 18.2 Å². The Hall–Kier alpha value is -2.62. The highest BCUT2D eigenvalue weighted by Gasteiger charge is 2.10. The number of hydrogen-bond donors (Lipinski definition) is 1. The van der Waals surface area contributed by atoms with Gasteiger partial charge in [0.05, 0.1) is 5.56 Å². The topological polar surface area (TPSA) is 46.5 Å². The molecule has 108 valence electrons. The molecule has 1 N–H and O–H groups in total. The molecule has 2 aromatic rings. The molecule has 2 rings (SSSR count). The largest absolute Gasteiger partial charge is 0.478 e. The van der Waals surface area contributed by atoms with E-state index in [1.165, 1.54) is 18.2 Å². The maximum atomic E-state index is 13.9. The van der Waals surface area contributed by atoms with Crippen LogP contribution in [0, 0.1) is 19.7 Å². The van der Waals surface area contributed by atoms with Crippen LogP contribution < -0.4 is 4.74 Å². The van der Waals surface area contributed by atoms with E-state index in [1.54, 1.807) is 12.1 Å². The second-order valence-electron chi connectivity index (χ2n) is 4.62. The normalized spacial score (nSPS) is 10.8. The number of hydrogen-bond acceptors (Lipinski definition) is 2. The van der Waals surface area contributed by atoms with E-state index in [4.69, 9.17) is 9.84 Å². The lowest BCUT2D eigenvalue weighted by molar-refractivity contribution is -0.131. The second-order valence-corrected chi connectivity index (χ2v) is 4.62. The van der Waals surface area contributed by atoms with Gasteiger partial charge in [0.1, 0.15) is 17.3 Å². The Bertz CT molecular complexity index is 705. The fourth-order valence-electron chi connectivity index (χ4n) is 1.88. The summed E-state index contributed by atoms with van der Waals surface area (Å²) in [6, 6.07) is 9.98. The third-order valence-electron chi connectivity index (χ3n) is 3.18. The lowest BCUT2D eigenvalue weighted by Crippen LogP contribution is -1.94. The molecule has 0 unspecified atom stereocenters. The fourth-order valence-corrected chi connectivity index (χ4v) is 1.88. The average molecular weight is 286 g/mol. The van der Waals surface area contributed by atoms with E-state index in [0.29, 0.717) is 5.75 Å². The Labute approximate surface area is 122 Å². The van der Waals surface area contributed by atoms with Crippen molar-refractivity contribution in [3.8, 4) is 11.5 Å². The molecule has 0 fully saturated rings. The first-order chi connectivity index (χ1) is 9.99. The molecule has 0 aliphatic heterocycles. The monoisotopic (exact) mass is 286 g/mol. The summed E-state index contributed by atoms with van der Waals surface area (Å²) in [5, 5.41) is 8.68. The summed E-state index contributed by atoms with van der Waals surface area (Å²) in [5.41, 5.74) is 2.13.